The first-order valence-electron chi connectivity index (χ1n) is 10.8. The summed E-state index contributed by atoms with van der Waals surface area (Å²) in [6.07, 6.45) is 0.294. The number of hydrogen-bond acceptors (Lipinski definition) is 6. The van der Waals surface area contributed by atoms with Crippen molar-refractivity contribution in [1.82, 2.24) is 9.88 Å². The molecule has 1 amide bonds. The average Bonchev–Trinajstić information content (AvgIpc) is 3.41. The summed E-state index contributed by atoms with van der Waals surface area (Å²) >= 11 is 1.58. The van der Waals surface area contributed by atoms with Gasteiger partial charge in [-0.3, -0.25) is 9.69 Å². The maximum atomic E-state index is 13.4. The molecule has 0 saturated carbocycles. The number of aryl methyl sites for hydroxylation is 2. The van der Waals surface area contributed by atoms with E-state index >= 15 is 0 Å². The van der Waals surface area contributed by atoms with Crippen LogP contribution < -0.4 is 14.4 Å². The molecule has 0 atom stereocenters. The van der Waals surface area contributed by atoms with Crippen LogP contribution in [0.15, 0.2) is 30.3 Å². The van der Waals surface area contributed by atoms with Crippen LogP contribution in [0.25, 0.3) is 10.2 Å². The van der Waals surface area contributed by atoms with Crippen molar-refractivity contribution in [1.29, 1.82) is 0 Å². The van der Waals surface area contributed by atoms with E-state index < -0.39 is 0 Å². The monoisotopic (exact) mass is 439 g/mol. The number of thiazole rings is 1. The molecule has 1 aromatic heterocycles. The fourth-order valence-electron chi connectivity index (χ4n) is 3.76. The third-order valence-electron chi connectivity index (χ3n) is 5.93. The average molecular weight is 440 g/mol. The molecule has 2 aromatic carbocycles. The molecular weight excluding hydrogens is 410 g/mol. The normalized spacial score (nSPS) is 12.7. The second kappa shape index (κ2) is 9.24. The highest BCUT2D eigenvalue weighted by Gasteiger charge is 2.22. The minimum Gasteiger partial charge on any atom is -0.454 e. The Kier molecular flexibility index (Phi) is 6.43. The Hall–Kier alpha value is -2.64. The summed E-state index contributed by atoms with van der Waals surface area (Å²) < 4.78 is 12.0. The summed E-state index contributed by atoms with van der Waals surface area (Å²) in [6.45, 7) is 12.0. The molecule has 0 fully saturated rings. The van der Waals surface area contributed by atoms with E-state index in [1.54, 1.807) is 11.3 Å². The molecule has 31 heavy (non-hydrogen) atoms. The summed E-state index contributed by atoms with van der Waals surface area (Å²) in [7, 11) is 0. The molecule has 0 unspecified atom stereocenters. The van der Waals surface area contributed by atoms with Crippen LogP contribution in [0.2, 0.25) is 0 Å². The smallest absolute Gasteiger partial charge is 0.233 e. The standard InChI is InChI=1S/C24H29N3O3S/c1-5-26(6-2)11-12-27(24-25-23-17(4)16(3)7-10-21(23)31-24)22(28)14-18-8-9-19-20(13-18)30-15-29-19/h7-10,13H,5-6,11-12,14-15H2,1-4H3. The van der Waals surface area contributed by atoms with E-state index in [0.29, 0.717) is 18.7 Å². The Morgan fingerprint density at radius 2 is 1.84 bits per heavy atom. The van der Waals surface area contributed by atoms with E-state index in [-0.39, 0.29) is 12.7 Å². The van der Waals surface area contributed by atoms with Gasteiger partial charge in [0.2, 0.25) is 12.7 Å². The van der Waals surface area contributed by atoms with Gasteiger partial charge in [0.25, 0.3) is 0 Å². The summed E-state index contributed by atoms with van der Waals surface area (Å²) in [4.78, 5) is 22.5. The number of hydrogen-bond donors (Lipinski definition) is 0. The van der Waals surface area contributed by atoms with E-state index in [2.05, 4.69) is 44.7 Å². The zero-order valence-electron chi connectivity index (χ0n) is 18.6. The fraction of sp³-hybridized carbons (Fsp3) is 0.417. The molecule has 1 aliphatic heterocycles. The van der Waals surface area contributed by atoms with Gasteiger partial charge in [0.15, 0.2) is 16.6 Å². The van der Waals surface area contributed by atoms with E-state index in [0.717, 1.165) is 46.3 Å². The first-order chi connectivity index (χ1) is 15.0. The summed E-state index contributed by atoms with van der Waals surface area (Å²) in [6, 6.07) is 9.92. The van der Waals surface area contributed by atoms with Crippen LogP contribution in [0.4, 0.5) is 5.13 Å². The van der Waals surface area contributed by atoms with Gasteiger partial charge < -0.3 is 14.4 Å². The van der Waals surface area contributed by atoms with Crippen molar-refractivity contribution in [2.24, 2.45) is 0 Å². The number of carbonyl (C=O) groups excluding carboxylic acids is 1. The van der Waals surface area contributed by atoms with Gasteiger partial charge in [-0.15, -0.1) is 0 Å². The van der Waals surface area contributed by atoms with E-state index in [9.17, 15) is 4.79 Å². The molecule has 0 aliphatic carbocycles. The van der Waals surface area contributed by atoms with Crippen molar-refractivity contribution in [3.05, 3.63) is 47.0 Å². The highest BCUT2D eigenvalue weighted by molar-refractivity contribution is 7.22. The van der Waals surface area contributed by atoms with Crippen LogP contribution in [0.3, 0.4) is 0 Å². The molecule has 164 valence electrons. The number of aromatic nitrogens is 1. The summed E-state index contributed by atoms with van der Waals surface area (Å²) in [5, 5.41) is 0.765. The van der Waals surface area contributed by atoms with Crippen molar-refractivity contribution in [2.45, 2.75) is 34.1 Å². The topological polar surface area (TPSA) is 54.9 Å². The molecule has 0 saturated heterocycles. The van der Waals surface area contributed by atoms with Gasteiger partial charge in [0, 0.05) is 13.1 Å². The highest BCUT2D eigenvalue weighted by Crippen LogP contribution is 2.34. The van der Waals surface area contributed by atoms with Crippen molar-refractivity contribution in [3.8, 4) is 11.5 Å². The first kappa shape index (κ1) is 21.6. The number of amides is 1. The maximum absolute atomic E-state index is 13.4. The number of fused-ring (bicyclic) bond motifs is 2. The van der Waals surface area contributed by atoms with E-state index in [1.807, 2.05) is 23.1 Å². The Morgan fingerprint density at radius 3 is 2.61 bits per heavy atom. The number of nitrogens with zero attached hydrogens (tertiary/aromatic N) is 3. The third kappa shape index (κ3) is 4.52. The summed E-state index contributed by atoms with van der Waals surface area (Å²) in [5.74, 6) is 1.47. The highest BCUT2D eigenvalue weighted by atomic mass is 32.1. The fourth-order valence-corrected chi connectivity index (χ4v) is 4.83. The van der Waals surface area contributed by atoms with Gasteiger partial charge >= 0.3 is 0 Å². The lowest BCUT2D eigenvalue weighted by Crippen LogP contribution is -2.39. The number of rotatable bonds is 8. The van der Waals surface area contributed by atoms with Crippen molar-refractivity contribution < 1.29 is 14.3 Å². The SMILES string of the molecule is CCN(CC)CCN(C(=O)Cc1ccc2c(c1)OCO2)c1nc2c(C)c(C)ccc2s1. The van der Waals surface area contributed by atoms with Crippen LogP contribution in [0.5, 0.6) is 11.5 Å². The van der Waals surface area contributed by atoms with Crippen LogP contribution in [0.1, 0.15) is 30.5 Å². The number of carbonyl (C=O) groups is 1. The van der Waals surface area contributed by atoms with Crippen molar-refractivity contribution in [3.63, 3.8) is 0 Å². The molecule has 3 aromatic rings. The maximum Gasteiger partial charge on any atom is 0.233 e. The minimum atomic E-state index is 0.0412. The zero-order chi connectivity index (χ0) is 22.0. The second-order valence-electron chi connectivity index (χ2n) is 7.79. The third-order valence-corrected chi connectivity index (χ3v) is 6.98. The number of anilines is 1. The number of benzene rings is 2. The predicted molar refractivity (Wildman–Crippen MR) is 126 cm³/mol. The van der Waals surface area contributed by atoms with Crippen molar-refractivity contribution in [2.75, 3.05) is 37.9 Å². The van der Waals surface area contributed by atoms with Crippen LogP contribution in [-0.2, 0) is 11.2 Å². The molecule has 0 radical (unpaired) electrons. The molecule has 4 rings (SSSR count). The Bertz CT molecular complexity index is 1090. The van der Waals surface area contributed by atoms with Gasteiger partial charge in [-0.05, 0) is 61.8 Å². The molecule has 0 N–H and O–H groups in total. The number of ether oxygens (including phenoxy) is 2. The van der Waals surface area contributed by atoms with Crippen LogP contribution in [-0.4, -0.2) is 48.8 Å². The van der Waals surface area contributed by atoms with Crippen LogP contribution >= 0.6 is 11.3 Å². The lowest BCUT2D eigenvalue weighted by atomic mass is 10.1. The molecule has 0 bridgehead atoms. The van der Waals surface area contributed by atoms with Gasteiger partial charge in [-0.2, -0.15) is 0 Å². The number of likely N-dealkylation sites (N-methyl/N-ethyl adjacent to an activating group) is 1. The summed E-state index contributed by atoms with van der Waals surface area (Å²) in [5.41, 5.74) is 4.29. The van der Waals surface area contributed by atoms with Gasteiger partial charge in [0.05, 0.1) is 16.6 Å². The van der Waals surface area contributed by atoms with Gasteiger partial charge in [-0.25, -0.2) is 4.98 Å². The Labute approximate surface area is 187 Å². The van der Waals surface area contributed by atoms with E-state index in [4.69, 9.17) is 14.5 Å². The van der Waals surface area contributed by atoms with Crippen molar-refractivity contribution >= 4 is 32.6 Å². The molecule has 7 heteroatoms. The predicted octanol–water partition coefficient (Wildman–Crippen LogP) is 4.56. The Balaban J connectivity index is 1.62. The van der Waals surface area contributed by atoms with Gasteiger partial charge in [0.1, 0.15) is 0 Å². The lowest BCUT2D eigenvalue weighted by Gasteiger charge is -2.24. The van der Waals surface area contributed by atoms with E-state index in [1.165, 1.54) is 11.1 Å². The second-order valence-corrected chi connectivity index (χ2v) is 8.80. The Morgan fingerprint density at radius 1 is 1.06 bits per heavy atom. The molecule has 6 nitrogen and oxygen atoms in total. The lowest BCUT2D eigenvalue weighted by molar-refractivity contribution is -0.118. The van der Waals surface area contributed by atoms with Gasteiger partial charge in [-0.1, -0.05) is 37.3 Å². The quantitative estimate of drug-likeness (QED) is 0.515. The molecular formula is C24H29N3O3S. The molecule has 0 spiro atoms. The zero-order valence-corrected chi connectivity index (χ0v) is 19.4. The minimum absolute atomic E-state index is 0.0412. The van der Waals surface area contributed by atoms with Crippen LogP contribution in [0, 0.1) is 13.8 Å². The molecule has 1 aliphatic rings. The molecule has 2 heterocycles. The first-order valence-corrected chi connectivity index (χ1v) is 11.6. The largest absolute Gasteiger partial charge is 0.454 e.